The number of hydroxylamine groups is 1. The quantitative estimate of drug-likeness (QED) is 0.735. The Kier molecular flexibility index (Phi) is 5.55. The Bertz CT molecular complexity index is 984. The molecule has 0 N–H and O–H groups in total. The lowest BCUT2D eigenvalue weighted by Crippen LogP contribution is -2.57. The van der Waals surface area contributed by atoms with Crippen molar-refractivity contribution in [2.75, 3.05) is 36.8 Å². The van der Waals surface area contributed by atoms with Gasteiger partial charge in [0.2, 0.25) is 5.88 Å². The first-order valence-electron chi connectivity index (χ1n) is 9.99. The molecule has 0 radical (unpaired) electrons. The van der Waals surface area contributed by atoms with Gasteiger partial charge in [0.05, 0.1) is 31.9 Å². The second-order valence-electron chi connectivity index (χ2n) is 7.88. The van der Waals surface area contributed by atoms with Crippen molar-refractivity contribution in [3.8, 4) is 5.88 Å². The molecule has 9 nitrogen and oxygen atoms in total. The van der Waals surface area contributed by atoms with Crippen LogP contribution >= 0.6 is 0 Å². The van der Waals surface area contributed by atoms with Crippen LogP contribution in [0.5, 0.6) is 5.88 Å². The summed E-state index contributed by atoms with van der Waals surface area (Å²) < 4.78 is 16.9. The SMILES string of the molecule is COc1nc2c(cc1C)N(OC(=O)c1ccccc1)CC(=O)N2C1COC(C)(C)OC1. The molecule has 0 spiro atoms. The third-order valence-electron chi connectivity index (χ3n) is 5.18. The highest BCUT2D eigenvalue weighted by Crippen LogP contribution is 2.38. The first-order chi connectivity index (χ1) is 14.8. The predicted molar refractivity (Wildman–Crippen MR) is 112 cm³/mol. The number of aromatic nitrogens is 1. The summed E-state index contributed by atoms with van der Waals surface area (Å²) in [7, 11) is 1.51. The van der Waals surface area contributed by atoms with Gasteiger partial charge in [0.1, 0.15) is 12.2 Å². The van der Waals surface area contributed by atoms with E-state index in [1.807, 2.05) is 26.8 Å². The summed E-state index contributed by atoms with van der Waals surface area (Å²) >= 11 is 0. The summed E-state index contributed by atoms with van der Waals surface area (Å²) in [6.07, 6.45) is 0. The molecular formula is C22H25N3O6. The van der Waals surface area contributed by atoms with Crippen LogP contribution in [-0.4, -0.2) is 55.6 Å². The van der Waals surface area contributed by atoms with Gasteiger partial charge in [-0.15, -0.1) is 0 Å². The summed E-state index contributed by atoms with van der Waals surface area (Å²) in [5.74, 6) is -0.855. The predicted octanol–water partition coefficient (Wildman–Crippen LogP) is 2.48. The molecule has 2 aliphatic rings. The fourth-order valence-electron chi connectivity index (χ4n) is 3.56. The highest BCUT2D eigenvalue weighted by Gasteiger charge is 2.41. The molecule has 0 unspecified atom stereocenters. The van der Waals surface area contributed by atoms with Crippen molar-refractivity contribution in [3.63, 3.8) is 0 Å². The third kappa shape index (κ3) is 4.19. The largest absolute Gasteiger partial charge is 0.481 e. The number of hydrogen-bond acceptors (Lipinski definition) is 8. The van der Waals surface area contributed by atoms with E-state index in [0.29, 0.717) is 36.2 Å². The number of fused-ring (bicyclic) bond motifs is 1. The molecule has 0 saturated carbocycles. The van der Waals surface area contributed by atoms with Gasteiger partial charge in [0, 0.05) is 5.56 Å². The van der Waals surface area contributed by atoms with Crippen molar-refractivity contribution in [1.82, 2.24) is 4.98 Å². The number of methoxy groups -OCH3 is 1. The van der Waals surface area contributed by atoms with Crippen molar-refractivity contribution in [1.29, 1.82) is 0 Å². The average molecular weight is 427 g/mol. The molecule has 164 valence electrons. The van der Waals surface area contributed by atoms with Crippen LogP contribution in [0.1, 0.15) is 29.8 Å². The fraction of sp³-hybridized carbons (Fsp3) is 0.409. The lowest BCUT2D eigenvalue weighted by atomic mass is 10.1. The molecule has 2 aliphatic heterocycles. The number of pyridine rings is 1. The number of amides is 1. The summed E-state index contributed by atoms with van der Waals surface area (Å²) in [6, 6.07) is 10.0. The van der Waals surface area contributed by atoms with E-state index in [9.17, 15) is 9.59 Å². The minimum atomic E-state index is -0.714. The summed E-state index contributed by atoms with van der Waals surface area (Å²) in [4.78, 5) is 37.4. The van der Waals surface area contributed by atoms with Crippen molar-refractivity contribution >= 4 is 23.4 Å². The highest BCUT2D eigenvalue weighted by molar-refractivity contribution is 6.03. The maximum absolute atomic E-state index is 13.1. The zero-order valence-corrected chi connectivity index (χ0v) is 18.0. The standard InChI is InChI=1S/C22H25N3O6/c1-14-10-17-19(23-20(14)28-4)25(16-12-29-22(2,3)30-13-16)18(26)11-24(17)31-21(27)15-8-6-5-7-9-15/h5-10,16H,11-13H2,1-4H3. The van der Waals surface area contributed by atoms with Gasteiger partial charge in [-0.25, -0.2) is 4.79 Å². The van der Waals surface area contributed by atoms with Crippen LogP contribution in [0.3, 0.4) is 0 Å². The van der Waals surface area contributed by atoms with E-state index in [1.54, 1.807) is 35.2 Å². The smallest absolute Gasteiger partial charge is 0.363 e. The van der Waals surface area contributed by atoms with Crippen LogP contribution in [0, 0.1) is 6.92 Å². The summed E-state index contributed by atoms with van der Waals surface area (Å²) in [5, 5.41) is 1.28. The molecule has 31 heavy (non-hydrogen) atoms. The summed E-state index contributed by atoms with van der Waals surface area (Å²) in [6.45, 7) is 5.91. The van der Waals surface area contributed by atoms with Crippen molar-refractivity contribution in [3.05, 3.63) is 47.5 Å². The summed E-state index contributed by atoms with van der Waals surface area (Å²) in [5.41, 5.74) is 1.62. The van der Waals surface area contributed by atoms with Crippen LogP contribution in [0.4, 0.5) is 11.5 Å². The Hall–Kier alpha value is -3.17. The van der Waals surface area contributed by atoms with Gasteiger partial charge in [0.15, 0.2) is 11.6 Å². The average Bonchev–Trinajstić information content (AvgIpc) is 2.75. The van der Waals surface area contributed by atoms with Gasteiger partial charge < -0.3 is 19.0 Å². The minimum Gasteiger partial charge on any atom is -0.481 e. The second kappa shape index (κ2) is 8.16. The zero-order chi connectivity index (χ0) is 22.2. The molecule has 1 aromatic heterocycles. The van der Waals surface area contributed by atoms with E-state index in [-0.39, 0.29) is 18.5 Å². The Labute approximate surface area is 180 Å². The number of nitrogens with zero attached hydrogens (tertiary/aromatic N) is 3. The van der Waals surface area contributed by atoms with Crippen LogP contribution in [0.25, 0.3) is 0 Å². The first-order valence-corrected chi connectivity index (χ1v) is 9.99. The molecule has 3 heterocycles. The topological polar surface area (TPSA) is 90.4 Å². The fourth-order valence-corrected chi connectivity index (χ4v) is 3.56. The molecular weight excluding hydrogens is 402 g/mol. The molecule has 0 bridgehead atoms. The molecule has 1 saturated heterocycles. The van der Waals surface area contributed by atoms with Gasteiger partial charge >= 0.3 is 5.97 Å². The number of aryl methyl sites for hydroxylation is 1. The number of anilines is 2. The lowest BCUT2D eigenvalue weighted by molar-refractivity contribution is -0.250. The zero-order valence-electron chi connectivity index (χ0n) is 18.0. The maximum Gasteiger partial charge on any atom is 0.363 e. The number of hydrogen-bond donors (Lipinski definition) is 0. The molecule has 1 aromatic carbocycles. The monoisotopic (exact) mass is 427 g/mol. The lowest BCUT2D eigenvalue weighted by Gasteiger charge is -2.43. The van der Waals surface area contributed by atoms with Gasteiger partial charge in [-0.2, -0.15) is 10.0 Å². The number of benzene rings is 1. The van der Waals surface area contributed by atoms with E-state index >= 15 is 0 Å². The van der Waals surface area contributed by atoms with E-state index < -0.39 is 11.8 Å². The third-order valence-corrected chi connectivity index (χ3v) is 5.18. The molecule has 4 rings (SSSR count). The van der Waals surface area contributed by atoms with E-state index in [0.717, 1.165) is 5.56 Å². The van der Waals surface area contributed by atoms with Gasteiger partial charge in [-0.05, 0) is 39.0 Å². The van der Waals surface area contributed by atoms with E-state index in [4.69, 9.17) is 19.0 Å². The van der Waals surface area contributed by atoms with Crippen molar-refractivity contribution < 1.29 is 28.6 Å². The minimum absolute atomic E-state index is 0.154. The molecule has 0 atom stereocenters. The number of carbonyl (C=O) groups excluding carboxylic acids is 2. The maximum atomic E-state index is 13.1. The Morgan fingerprint density at radius 1 is 1.19 bits per heavy atom. The van der Waals surface area contributed by atoms with E-state index in [1.165, 1.54) is 12.2 Å². The molecule has 9 heteroatoms. The van der Waals surface area contributed by atoms with Crippen LogP contribution in [-0.2, 0) is 19.1 Å². The van der Waals surface area contributed by atoms with Crippen LogP contribution in [0.15, 0.2) is 36.4 Å². The van der Waals surface area contributed by atoms with Crippen LogP contribution in [0.2, 0.25) is 0 Å². The Morgan fingerprint density at radius 3 is 2.52 bits per heavy atom. The normalized spacial score (nSPS) is 18.5. The number of carbonyl (C=O) groups is 2. The second-order valence-corrected chi connectivity index (χ2v) is 7.88. The van der Waals surface area contributed by atoms with Gasteiger partial charge in [0.25, 0.3) is 5.91 Å². The highest BCUT2D eigenvalue weighted by atomic mass is 16.7. The van der Waals surface area contributed by atoms with Crippen molar-refractivity contribution in [2.24, 2.45) is 0 Å². The number of rotatable bonds is 4. The van der Waals surface area contributed by atoms with Crippen LogP contribution < -0.4 is 14.7 Å². The molecule has 1 amide bonds. The molecule has 1 fully saturated rings. The first kappa shape index (κ1) is 21.1. The Morgan fingerprint density at radius 2 is 1.87 bits per heavy atom. The molecule has 0 aliphatic carbocycles. The van der Waals surface area contributed by atoms with Gasteiger partial charge in [-0.1, -0.05) is 18.2 Å². The number of ether oxygens (including phenoxy) is 3. The van der Waals surface area contributed by atoms with Gasteiger partial charge in [-0.3, -0.25) is 9.69 Å². The van der Waals surface area contributed by atoms with Crippen molar-refractivity contribution in [2.45, 2.75) is 32.6 Å². The molecule has 2 aromatic rings. The Balaban J connectivity index is 1.68. The van der Waals surface area contributed by atoms with E-state index in [2.05, 4.69) is 4.98 Å².